The summed E-state index contributed by atoms with van der Waals surface area (Å²) in [6, 6.07) is 8.39. The molecule has 74 valence electrons. The molecule has 0 N–H and O–H groups in total. The van der Waals surface area contributed by atoms with Gasteiger partial charge in [-0.05, 0) is 50.2 Å². The van der Waals surface area contributed by atoms with Crippen molar-refractivity contribution in [2.75, 3.05) is 14.1 Å². The van der Waals surface area contributed by atoms with E-state index in [1.807, 2.05) is 30.5 Å². The number of rotatable bonds is 3. The molecular formula is C11H14N2S. The van der Waals surface area contributed by atoms with Crippen LogP contribution in [0.1, 0.15) is 11.1 Å². The minimum atomic E-state index is 0.483. The lowest BCUT2D eigenvalue weighted by atomic mass is 10.1. The van der Waals surface area contributed by atoms with E-state index in [0.29, 0.717) is 6.42 Å². The molecule has 1 rings (SSSR count). The van der Waals surface area contributed by atoms with E-state index in [9.17, 15) is 0 Å². The Labute approximate surface area is 89.7 Å². The van der Waals surface area contributed by atoms with Crippen LogP contribution in [-0.2, 0) is 6.42 Å². The summed E-state index contributed by atoms with van der Waals surface area (Å²) in [5.41, 5.74) is 2.34. The fraction of sp³-hybridized carbons (Fsp3) is 0.364. The van der Waals surface area contributed by atoms with Crippen LogP contribution in [-0.4, -0.2) is 18.4 Å². The molecule has 0 bridgehead atoms. The van der Waals surface area contributed by atoms with Crippen LogP contribution in [0.15, 0.2) is 23.1 Å². The number of benzene rings is 1. The third-order valence-electron chi connectivity index (χ3n) is 1.77. The lowest BCUT2D eigenvalue weighted by Crippen LogP contribution is -2.00. The zero-order valence-electron chi connectivity index (χ0n) is 8.74. The van der Waals surface area contributed by atoms with Crippen LogP contribution in [0, 0.1) is 18.3 Å². The molecule has 0 saturated carbocycles. The highest BCUT2D eigenvalue weighted by Gasteiger charge is 2.04. The Morgan fingerprint density at radius 3 is 2.71 bits per heavy atom. The lowest BCUT2D eigenvalue weighted by Gasteiger charge is -2.12. The van der Waals surface area contributed by atoms with Crippen molar-refractivity contribution in [3.05, 3.63) is 29.3 Å². The molecular weight excluding hydrogens is 192 g/mol. The van der Waals surface area contributed by atoms with Crippen LogP contribution in [0.4, 0.5) is 0 Å². The molecule has 1 aromatic carbocycles. The van der Waals surface area contributed by atoms with Crippen LogP contribution < -0.4 is 0 Å². The van der Waals surface area contributed by atoms with Crippen LogP contribution >= 0.6 is 11.9 Å². The maximum Gasteiger partial charge on any atom is 0.0670 e. The maximum atomic E-state index is 8.67. The Hall–Kier alpha value is -0.980. The fourth-order valence-corrected chi connectivity index (χ4v) is 2.06. The third-order valence-corrected chi connectivity index (χ3v) is 2.71. The van der Waals surface area contributed by atoms with Gasteiger partial charge in [-0.2, -0.15) is 5.26 Å². The van der Waals surface area contributed by atoms with Crippen LogP contribution in [0.2, 0.25) is 0 Å². The molecule has 0 spiro atoms. The second kappa shape index (κ2) is 5.04. The average molecular weight is 206 g/mol. The second-order valence-electron chi connectivity index (χ2n) is 3.35. The Kier molecular flexibility index (Phi) is 3.99. The first-order chi connectivity index (χ1) is 6.63. The second-order valence-corrected chi connectivity index (χ2v) is 4.70. The summed E-state index contributed by atoms with van der Waals surface area (Å²) in [5.74, 6) is 0. The van der Waals surface area contributed by atoms with Crippen LogP contribution in [0.3, 0.4) is 0 Å². The maximum absolute atomic E-state index is 8.67. The highest BCUT2D eigenvalue weighted by molar-refractivity contribution is 7.97. The Bertz CT molecular complexity index is 353. The van der Waals surface area contributed by atoms with Crippen molar-refractivity contribution in [3.63, 3.8) is 0 Å². The number of aryl methyl sites for hydroxylation is 1. The summed E-state index contributed by atoms with van der Waals surface area (Å²) >= 11 is 1.66. The summed E-state index contributed by atoms with van der Waals surface area (Å²) in [5, 5.41) is 8.67. The predicted octanol–water partition coefficient (Wildman–Crippen LogP) is 2.63. The minimum Gasteiger partial charge on any atom is -0.253 e. The molecule has 0 heterocycles. The standard InChI is InChI=1S/C11H14N2S/c1-9-4-5-10(6-7-12)11(8-9)14-13(2)3/h4-5,8H,6H2,1-3H3. The van der Waals surface area contributed by atoms with Gasteiger partial charge in [0.2, 0.25) is 0 Å². The molecule has 0 aliphatic heterocycles. The van der Waals surface area contributed by atoms with Crippen molar-refractivity contribution in [2.45, 2.75) is 18.2 Å². The summed E-state index contributed by atoms with van der Waals surface area (Å²) < 4.78 is 2.04. The normalized spacial score (nSPS) is 10.2. The van der Waals surface area contributed by atoms with Crippen molar-refractivity contribution in [1.29, 1.82) is 5.26 Å². The van der Waals surface area contributed by atoms with Gasteiger partial charge >= 0.3 is 0 Å². The van der Waals surface area contributed by atoms with E-state index in [-0.39, 0.29) is 0 Å². The van der Waals surface area contributed by atoms with Gasteiger partial charge in [0.15, 0.2) is 0 Å². The van der Waals surface area contributed by atoms with E-state index < -0.39 is 0 Å². The van der Waals surface area contributed by atoms with Gasteiger partial charge in [-0.1, -0.05) is 12.1 Å². The molecule has 2 nitrogen and oxygen atoms in total. The summed E-state index contributed by atoms with van der Waals surface area (Å²) in [6.45, 7) is 2.07. The molecule has 0 saturated heterocycles. The first kappa shape index (κ1) is 11.1. The third kappa shape index (κ3) is 3.06. The Morgan fingerprint density at radius 2 is 2.14 bits per heavy atom. The number of nitrogens with zero attached hydrogens (tertiary/aromatic N) is 2. The van der Waals surface area contributed by atoms with Crippen molar-refractivity contribution in [2.24, 2.45) is 0 Å². The van der Waals surface area contributed by atoms with Crippen molar-refractivity contribution >= 4 is 11.9 Å². The van der Waals surface area contributed by atoms with E-state index in [1.54, 1.807) is 11.9 Å². The monoisotopic (exact) mass is 206 g/mol. The average Bonchev–Trinajstić information content (AvgIpc) is 2.09. The van der Waals surface area contributed by atoms with Gasteiger partial charge in [-0.25, -0.2) is 0 Å². The molecule has 14 heavy (non-hydrogen) atoms. The summed E-state index contributed by atoms with van der Waals surface area (Å²) in [6.07, 6.45) is 0.483. The van der Waals surface area contributed by atoms with E-state index in [1.165, 1.54) is 10.5 Å². The minimum absolute atomic E-state index is 0.483. The smallest absolute Gasteiger partial charge is 0.0670 e. The molecule has 0 unspecified atom stereocenters. The lowest BCUT2D eigenvalue weighted by molar-refractivity contribution is 0.702. The first-order valence-corrected chi connectivity index (χ1v) is 5.22. The molecule has 1 aromatic rings. The quantitative estimate of drug-likeness (QED) is 0.711. The first-order valence-electron chi connectivity index (χ1n) is 4.45. The molecule has 0 fully saturated rings. The number of hydrogen-bond acceptors (Lipinski definition) is 3. The summed E-state index contributed by atoms with van der Waals surface area (Å²) in [7, 11) is 4.01. The van der Waals surface area contributed by atoms with Gasteiger partial charge < -0.3 is 0 Å². The highest BCUT2D eigenvalue weighted by Crippen LogP contribution is 2.25. The summed E-state index contributed by atoms with van der Waals surface area (Å²) in [4.78, 5) is 1.18. The zero-order valence-corrected chi connectivity index (χ0v) is 9.56. The van der Waals surface area contributed by atoms with E-state index >= 15 is 0 Å². The van der Waals surface area contributed by atoms with Gasteiger partial charge in [-0.3, -0.25) is 4.31 Å². The van der Waals surface area contributed by atoms with Crippen LogP contribution in [0.5, 0.6) is 0 Å². The SMILES string of the molecule is Cc1ccc(CC#N)c(SN(C)C)c1. The van der Waals surface area contributed by atoms with Crippen LogP contribution in [0.25, 0.3) is 0 Å². The van der Waals surface area contributed by atoms with E-state index in [4.69, 9.17) is 5.26 Å². The van der Waals surface area contributed by atoms with Gasteiger partial charge in [0.1, 0.15) is 0 Å². The highest BCUT2D eigenvalue weighted by atomic mass is 32.2. The zero-order chi connectivity index (χ0) is 10.6. The Morgan fingerprint density at radius 1 is 1.43 bits per heavy atom. The van der Waals surface area contributed by atoms with E-state index in [0.717, 1.165) is 5.56 Å². The molecule has 0 atom stereocenters. The van der Waals surface area contributed by atoms with Gasteiger partial charge in [0.05, 0.1) is 12.5 Å². The van der Waals surface area contributed by atoms with E-state index in [2.05, 4.69) is 19.1 Å². The molecule has 0 radical (unpaired) electrons. The molecule has 0 amide bonds. The van der Waals surface area contributed by atoms with Crippen molar-refractivity contribution in [1.82, 2.24) is 4.31 Å². The van der Waals surface area contributed by atoms with Crippen molar-refractivity contribution < 1.29 is 0 Å². The largest absolute Gasteiger partial charge is 0.253 e. The predicted molar refractivity (Wildman–Crippen MR) is 60.0 cm³/mol. The van der Waals surface area contributed by atoms with Crippen molar-refractivity contribution in [3.8, 4) is 6.07 Å². The van der Waals surface area contributed by atoms with Gasteiger partial charge in [0.25, 0.3) is 0 Å². The van der Waals surface area contributed by atoms with Gasteiger partial charge in [0, 0.05) is 4.90 Å². The molecule has 0 aliphatic rings. The number of nitriles is 1. The fourth-order valence-electron chi connectivity index (χ4n) is 1.17. The Balaban J connectivity index is 2.97. The van der Waals surface area contributed by atoms with Gasteiger partial charge in [-0.15, -0.1) is 0 Å². The topological polar surface area (TPSA) is 27.0 Å². The number of hydrogen-bond donors (Lipinski definition) is 0. The molecule has 3 heteroatoms. The molecule has 0 aromatic heterocycles. The molecule has 0 aliphatic carbocycles.